The first-order chi connectivity index (χ1) is 9.56. The molecule has 104 valence electrons. The number of ether oxygens (including phenoxy) is 1. The van der Waals surface area contributed by atoms with Crippen LogP contribution in [0.15, 0.2) is 16.7 Å². The van der Waals surface area contributed by atoms with Gasteiger partial charge in [0.15, 0.2) is 0 Å². The molecular weight excluding hydrogens is 328 g/mol. The standard InChI is InChI=1S/C13H11BrN2O4/c14-10-2-6-1-7(3-11(17)18)13(19)20-5-9(6)8-4-15-16-12(8)10/h2,4,7H,1,3,5H2,(H,15,16)(H,17,18). The number of carboxylic acids is 1. The van der Waals surface area contributed by atoms with Gasteiger partial charge in [0, 0.05) is 15.4 Å². The van der Waals surface area contributed by atoms with E-state index in [4.69, 9.17) is 9.84 Å². The van der Waals surface area contributed by atoms with Crippen molar-refractivity contribution in [3.05, 3.63) is 27.9 Å². The zero-order valence-electron chi connectivity index (χ0n) is 10.4. The number of aliphatic carboxylic acids is 1. The lowest BCUT2D eigenvalue weighted by molar-refractivity contribution is -0.153. The monoisotopic (exact) mass is 338 g/mol. The zero-order chi connectivity index (χ0) is 14.3. The Morgan fingerprint density at radius 2 is 2.40 bits per heavy atom. The van der Waals surface area contributed by atoms with Crippen molar-refractivity contribution in [3.8, 4) is 0 Å². The lowest BCUT2D eigenvalue weighted by Crippen LogP contribution is -2.20. The molecule has 0 saturated heterocycles. The molecule has 0 radical (unpaired) electrons. The maximum absolute atomic E-state index is 11.9. The van der Waals surface area contributed by atoms with Crippen molar-refractivity contribution in [2.45, 2.75) is 19.4 Å². The van der Waals surface area contributed by atoms with Crippen molar-refractivity contribution >= 4 is 38.8 Å². The zero-order valence-corrected chi connectivity index (χ0v) is 11.9. The number of nitrogens with zero attached hydrogens (tertiary/aromatic N) is 1. The van der Waals surface area contributed by atoms with Crippen LogP contribution in [-0.2, 0) is 27.4 Å². The van der Waals surface area contributed by atoms with Crippen LogP contribution in [0.3, 0.4) is 0 Å². The van der Waals surface area contributed by atoms with Gasteiger partial charge in [0.25, 0.3) is 0 Å². The van der Waals surface area contributed by atoms with E-state index in [1.165, 1.54) is 0 Å². The van der Waals surface area contributed by atoms with Gasteiger partial charge in [0.1, 0.15) is 6.61 Å². The Labute approximate surface area is 122 Å². The smallest absolute Gasteiger partial charge is 0.310 e. The largest absolute Gasteiger partial charge is 0.481 e. The summed E-state index contributed by atoms with van der Waals surface area (Å²) in [5, 5.41) is 16.7. The second kappa shape index (κ2) is 4.90. The summed E-state index contributed by atoms with van der Waals surface area (Å²) < 4.78 is 6.04. The number of rotatable bonds is 2. The van der Waals surface area contributed by atoms with Crippen LogP contribution in [0.4, 0.5) is 0 Å². The van der Waals surface area contributed by atoms with Crippen LogP contribution >= 0.6 is 15.9 Å². The predicted octanol–water partition coefficient (Wildman–Crippen LogP) is 2.02. The molecule has 0 bridgehead atoms. The number of esters is 1. The van der Waals surface area contributed by atoms with Gasteiger partial charge in [0.2, 0.25) is 0 Å². The molecule has 3 rings (SSSR count). The fourth-order valence-electron chi connectivity index (χ4n) is 2.51. The summed E-state index contributed by atoms with van der Waals surface area (Å²) in [5.74, 6) is -2.11. The number of cyclic esters (lactones) is 1. The molecule has 6 nitrogen and oxygen atoms in total. The van der Waals surface area contributed by atoms with E-state index in [9.17, 15) is 9.59 Å². The van der Waals surface area contributed by atoms with E-state index in [0.717, 1.165) is 26.5 Å². The number of hydrogen-bond acceptors (Lipinski definition) is 4. The minimum absolute atomic E-state index is 0.146. The van der Waals surface area contributed by atoms with Crippen molar-refractivity contribution in [3.63, 3.8) is 0 Å². The molecule has 20 heavy (non-hydrogen) atoms. The summed E-state index contributed by atoms with van der Waals surface area (Å²) in [5.41, 5.74) is 2.65. The molecule has 1 atom stereocenters. The first kappa shape index (κ1) is 13.1. The van der Waals surface area contributed by atoms with Crippen LogP contribution in [0.1, 0.15) is 17.5 Å². The lowest BCUT2D eigenvalue weighted by atomic mass is 9.93. The van der Waals surface area contributed by atoms with Crippen molar-refractivity contribution in [2.24, 2.45) is 5.92 Å². The van der Waals surface area contributed by atoms with Gasteiger partial charge in [-0.2, -0.15) is 5.10 Å². The van der Waals surface area contributed by atoms with E-state index in [2.05, 4.69) is 26.1 Å². The number of halogens is 1. The highest BCUT2D eigenvalue weighted by atomic mass is 79.9. The van der Waals surface area contributed by atoms with Crippen LogP contribution in [-0.4, -0.2) is 27.2 Å². The predicted molar refractivity (Wildman–Crippen MR) is 73.0 cm³/mol. The molecule has 1 aliphatic heterocycles. The second-order valence-corrected chi connectivity index (χ2v) is 5.62. The van der Waals surface area contributed by atoms with Crippen LogP contribution in [0.5, 0.6) is 0 Å². The molecule has 2 aromatic rings. The molecule has 2 heterocycles. The quantitative estimate of drug-likeness (QED) is 0.817. The van der Waals surface area contributed by atoms with E-state index < -0.39 is 17.9 Å². The highest BCUT2D eigenvalue weighted by Crippen LogP contribution is 2.33. The maximum atomic E-state index is 11.9. The number of benzene rings is 1. The number of nitrogens with one attached hydrogen (secondary N) is 1. The molecule has 0 fully saturated rings. The Balaban J connectivity index is 2.08. The third kappa shape index (κ3) is 2.18. The van der Waals surface area contributed by atoms with Gasteiger partial charge < -0.3 is 9.84 Å². The summed E-state index contributed by atoms with van der Waals surface area (Å²) in [4.78, 5) is 22.7. The van der Waals surface area contributed by atoms with Gasteiger partial charge in [-0.3, -0.25) is 14.7 Å². The average molecular weight is 339 g/mol. The highest BCUT2D eigenvalue weighted by molar-refractivity contribution is 9.10. The van der Waals surface area contributed by atoms with Gasteiger partial charge in [-0.25, -0.2) is 0 Å². The fourth-order valence-corrected chi connectivity index (χ4v) is 3.09. The average Bonchev–Trinajstić information content (AvgIpc) is 2.81. The molecule has 1 aliphatic rings. The van der Waals surface area contributed by atoms with Gasteiger partial charge >= 0.3 is 11.9 Å². The van der Waals surface area contributed by atoms with Crippen molar-refractivity contribution in [1.29, 1.82) is 0 Å². The van der Waals surface area contributed by atoms with Gasteiger partial charge in [0.05, 0.1) is 24.1 Å². The van der Waals surface area contributed by atoms with Crippen molar-refractivity contribution in [2.75, 3.05) is 0 Å². The summed E-state index contributed by atoms with van der Waals surface area (Å²) in [6.07, 6.45) is 1.82. The van der Waals surface area contributed by atoms with Gasteiger partial charge in [-0.1, -0.05) is 0 Å². The van der Waals surface area contributed by atoms with E-state index in [0.29, 0.717) is 6.42 Å². The first-order valence-corrected chi connectivity index (χ1v) is 6.87. The van der Waals surface area contributed by atoms with Crippen LogP contribution in [0.2, 0.25) is 0 Å². The SMILES string of the molecule is O=C(O)CC1Cc2cc(Br)c3[nH]ncc3c2COC1=O. The topological polar surface area (TPSA) is 92.3 Å². The maximum Gasteiger partial charge on any atom is 0.310 e. The molecule has 0 aliphatic carbocycles. The van der Waals surface area contributed by atoms with E-state index in [1.807, 2.05) is 6.07 Å². The van der Waals surface area contributed by atoms with E-state index >= 15 is 0 Å². The number of hydrogen-bond donors (Lipinski definition) is 2. The minimum atomic E-state index is -1.00. The Bertz CT molecular complexity index is 710. The number of carbonyl (C=O) groups is 2. The molecule has 0 spiro atoms. The van der Waals surface area contributed by atoms with Crippen LogP contribution in [0.25, 0.3) is 10.9 Å². The number of aromatic nitrogens is 2. The second-order valence-electron chi connectivity index (χ2n) is 4.76. The Hall–Kier alpha value is -1.89. The third-order valence-corrected chi connectivity index (χ3v) is 4.10. The summed E-state index contributed by atoms with van der Waals surface area (Å²) in [6.45, 7) is 0.146. The molecular formula is C13H11BrN2O4. The first-order valence-electron chi connectivity index (χ1n) is 6.08. The number of H-pyrrole nitrogens is 1. The number of aromatic amines is 1. The molecule has 1 aromatic heterocycles. The normalized spacial score (nSPS) is 18.4. The molecule has 7 heteroatoms. The van der Waals surface area contributed by atoms with Crippen molar-refractivity contribution in [1.82, 2.24) is 10.2 Å². The van der Waals surface area contributed by atoms with Crippen molar-refractivity contribution < 1.29 is 19.4 Å². The summed E-state index contributed by atoms with van der Waals surface area (Å²) in [6, 6.07) is 1.90. The Kier molecular flexibility index (Phi) is 3.21. The summed E-state index contributed by atoms with van der Waals surface area (Å²) in [7, 11) is 0. The Morgan fingerprint density at radius 1 is 1.60 bits per heavy atom. The van der Waals surface area contributed by atoms with E-state index in [-0.39, 0.29) is 13.0 Å². The molecule has 0 saturated carbocycles. The Morgan fingerprint density at radius 3 is 3.15 bits per heavy atom. The molecule has 1 aromatic carbocycles. The minimum Gasteiger partial charge on any atom is -0.481 e. The fraction of sp³-hybridized carbons (Fsp3) is 0.308. The number of carboxylic acid groups (broad SMARTS) is 1. The van der Waals surface area contributed by atoms with Crippen LogP contribution < -0.4 is 0 Å². The number of carbonyl (C=O) groups excluding carboxylic acids is 1. The molecule has 0 amide bonds. The number of fused-ring (bicyclic) bond motifs is 3. The highest BCUT2D eigenvalue weighted by Gasteiger charge is 2.29. The molecule has 2 N–H and O–H groups in total. The lowest BCUT2D eigenvalue weighted by Gasteiger charge is -2.10. The molecule has 1 unspecified atom stereocenters. The summed E-state index contributed by atoms with van der Waals surface area (Å²) >= 11 is 3.45. The third-order valence-electron chi connectivity index (χ3n) is 3.47. The van der Waals surface area contributed by atoms with E-state index in [1.54, 1.807) is 6.20 Å². The van der Waals surface area contributed by atoms with Crippen LogP contribution in [0, 0.1) is 5.92 Å². The van der Waals surface area contributed by atoms with Gasteiger partial charge in [-0.15, -0.1) is 0 Å². The van der Waals surface area contributed by atoms with Gasteiger partial charge in [-0.05, 0) is 34.0 Å².